The molecule has 0 unspecified atom stereocenters. The number of carbonyl (C=O) groups is 2. The zero-order chi connectivity index (χ0) is 37.5. The van der Waals surface area contributed by atoms with Crippen molar-refractivity contribution in [3.05, 3.63) is 152 Å². The highest BCUT2D eigenvalue weighted by Gasteiger charge is 2.33. The monoisotopic (exact) mass is 703 g/mol. The van der Waals surface area contributed by atoms with Gasteiger partial charge in [0.15, 0.2) is 0 Å². The molecule has 0 fully saturated rings. The summed E-state index contributed by atoms with van der Waals surface area (Å²) in [5.41, 5.74) is 16.8. The number of amides is 2. The summed E-state index contributed by atoms with van der Waals surface area (Å²) in [5, 5.41) is 20.1. The minimum absolute atomic E-state index is 0.0882. The fourth-order valence-corrected chi connectivity index (χ4v) is 6.69. The molecule has 6 rings (SSSR count). The first-order valence-electron chi connectivity index (χ1n) is 17.7. The van der Waals surface area contributed by atoms with E-state index in [4.69, 9.17) is 15.0 Å². The number of benzene rings is 4. The lowest BCUT2D eigenvalue weighted by Gasteiger charge is -2.20. The molecule has 10 heteroatoms. The molecule has 10 nitrogen and oxygen atoms in total. The lowest BCUT2D eigenvalue weighted by Crippen LogP contribution is -2.32. The van der Waals surface area contributed by atoms with Gasteiger partial charge in [-0.2, -0.15) is 0 Å². The molecule has 0 saturated heterocycles. The number of aliphatic hydroxyl groups excluding tert-OH is 1. The van der Waals surface area contributed by atoms with E-state index in [-0.39, 0.29) is 17.9 Å². The normalized spacial score (nSPS) is 18.8. The highest BCUT2D eigenvalue weighted by Crippen LogP contribution is 2.45. The number of carbonyl (C=O) groups excluding carboxylic acids is 2. The van der Waals surface area contributed by atoms with Crippen LogP contribution in [0, 0.1) is 0 Å². The van der Waals surface area contributed by atoms with Crippen molar-refractivity contribution in [1.82, 2.24) is 10.6 Å². The van der Waals surface area contributed by atoms with Gasteiger partial charge in [0.1, 0.15) is 11.2 Å². The number of aliphatic hydroxyl groups is 1. The second-order valence-corrected chi connectivity index (χ2v) is 15.3. The molecule has 0 saturated carbocycles. The molecule has 2 aliphatic rings. The Labute approximate surface area is 306 Å². The average molecular weight is 704 g/mol. The summed E-state index contributed by atoms with van der Waals surface area (Å²) in [6.45, 7) is 11.8. The zero-order valence-electron chi connectivity index (χ0n) is 30.8. The number of nitrogens with one attached hydrogen (secondary N) is 2. The molecule has 3 N–H and O–H groups in total. The van der Waals surface area contributed by atoms with E-state index in [0.717, 1.165) is 46.2 Å². The zero-order valence-corrected chi connectivity index (χ0v) is 30.8. The second kappa shape index (κ2) is 16.4. The van der Waals surface area contributed by atoms with Crippen LogP contribution in [0.25, 0.3) is 10.4 Å². The number of nitrogens with zero attached hydrogens (tertiary/aromatic N) is 3. The topological polar surface area (TPSA) is 146 Å². The molecule has 0 aliphatic heterocycles. The quantitative estimate of drug-likeness (QED) is 0.0997. The summed E-state index contributed by atoms with van der Waals surface area (Å²) in [4.78, 5) is 26.5. The minimum atomic E-state index is -0.512. The van der Waals surface area contributed by atoms with Crippen LogP contribution in [0.4, 0.5) is 9.59 Å². The van der Waals surface area contributed by atoms with Crippen LogP contribution >= 0.6 is 0 Å². The molecule has 0 aromatic heterocycles. The molecule has 2 aliphatic carbocycles. The van der Waals surface area contributed by atoms with Crippen molar-refractivity contribution in [2.75, 3.05) is 0 Å². The Bertz CT molecular complexity index is 1890. The molecule has 272 valence electrons. The second-order valence-electron chi connectivity index (χ2n) is 15.3. The number of azide groups is 1. The van der Waals surface area contributed by atoms with Gasteiger partial charge in [-0.15, -0.1) is 0 Å². The van der Waals surface area contributed by atoms with Crippen molar-refractivity contribution in [1.29, 1.82) is 0 Å². The first kappa shape index (κ1) is 37.9. The predicted octanol–water partition coefficient (Wildman–Crippen LogP) is 9.49. The van der Waals surface area contributed by atoms with Crippen molar-refractivity contribution in [2.45, 2.75) is 103 Å². The average Bonchev–Trinajstić information content (AvgIpc) is 3.63. The third-order valence-corrected chi connectivity index (χ3v) is 9.05. The van der Waals surface area contributed by atoms with E-state index in [1.165, 1.54) is 11.1 Å². The smallest absolute Gasteiger partial charge is 0.407 e. The number of fused-ring (bicyclic) bond motifs is 2. The third-order valence-electron chi connectivity index (χ3n) is 9.05. The van der Waals surface area contributed by atoms with Gasteiger partial charge in [-0.25, -0.2) is 9.59 Å². The molecule has 4 atom stereocenters. The van der Waals surface area contributed by atoms with Crippen LogP contribution in [-0.4, -0.2) is 28.5 Å². The van der Waals surface area contributed by atoms with Crippen LogP contribution in [0.1, 0.15) is 110 Å². The number of hydrogen-bond donors (Lipinski definition) is 3. The maximum absolute atomic E-state index is 11.8. The summed E-state index contributed by atoms with van der Waals surface area (Å²) in [7, 11) is 0. The molecule has 0 bridgehead atoms. The molecule has 4 aromatic rings. The first-order chi connectivity index (χ1) is 24.7. The molecule has 4 aromatic carbocycles. The van der Waals surface area contributed by atoms with Gasteiger partial charge < -0.3 is 25.2 Å². The summed E-state index contributed by atoms with van der Waals surface area (Å²) < 4.78 is 10.5. The van der Waals surface area contributed by atoms with Gasteiger partial charge in [0.25, 0.3) is 0 Å². The lowest BCUT2D eigenvalue weighted by atomic mass is 9.92. The molecule has 0 radical (unpaired) electrons. The van der Waals surface area contributed by atoms with E-state index in [2.05, 4.69) is 32.8 Å². The Kier molecular flexibility index (Phi) is 11.9. The molecule has 0 spiro atoms. The van der Waals surface area contributed by atoms with Crippen LogP contribution in [0.2, 0.25) is 0 Å². The Morgan fingerprint density at radius 1 is 0.692 bits per heavy atom. The highest BCUT2D eigenvalue weighted by molar-refractivity contribution is 5.68. The molecule has 2 amide bonds. The molecule has 52 heavy (non-hydrogen) atoms. The van der Waals surface area contributed by atoms with Crippen molar-refractivity contribution < 1.29 is 24.2 Å². The van der Waals surface area contributed by atoms with Crippen LogP contribution in [0.15, 0.2) is 102 Å². The Balaban J connectivity index is 0.000000202. The van der Waals surface area contributed by atoms with Crippen molar-refractivity contribution in [2.24, 2.45) is 5.11 Å². The summed E-state index contributed by atoms with van der Waals surface area (Å²) in [5.74, 6) is 0.219. The minimum Gasteiger partial charge on any atom is -0.444 e. The highest BCUT2D eigenvalue weighted by atomic mass is 16.6. The van der Waals surface area contributed by atoms with E-state index in [9.17, 15) is 14.7 Å². The van der Waals surface area contributed by atoms with E-state index in [0.29, 0.717) is 13.1 Å². The molecular formula is C42H49N5O5. The lowest BCUT2D eigenvalue weighted by molar-refractivity contribution is 0.0512. The predicted molar refractivity (Wildman–Crippen MR) is 202 cm³/mol. The number of hydrogen-bond acceptors (Lipinski definition) is 6. The van der Waals surface area contributed by atoms with E-state index >= 15 is 0 Å². The van der Waals surface area contributed by atoms with Crippen LogP contribution < -0.4 is 10.6 Å². The fourth-order valence-electron chi connectivity index (χ4n) is 6.69. The van der Waals surface area contributed by atoms with Gasteiger partial charge in [-0.1, -0.05) is 102 Å². The summed E-state index contributed by atoms with van der Waals surface area (Å²) >= 11 is 0. The van der Waals surface area contributed by atoms with Gasteiger partial charge >= 0.3 is 12.2 Å². The third kappa shape index (κ3) is 10.1. The summed E-state index contributed by atoms with van der Waals surface area (Å²) in [6.07, 6.45) is 0.406. The Morgan fingerprint density at radius 2 is 1.12 bits per heavy atom. The largest absolute Gasteiger partial charge is 0.444 e. The fraction of sp³-hybridized carbons (Fsp3) is 0.381. The molecular weight excluding hydrogens is 654 g/mol. The number of ether oxygens (including phenoxy) is 2. The van der Waals surface area contributed by atoms with Crippen LogP contribution in [0.3, 0.4) is 0 Å². The van der Waals surface area contributed by atoms with Gasteiger partial charge in [0.05, 0.1) is 12.1 Å². The Morgan fingerprint density at radius 3 is 1.58 bits per heavy atom. The maximum atomic E-state index is 11.8. The van der Waals surface area contributed by atoms with Crippen molar-refractivity contribution in [3.8, 4) is 0 Å². The van der Waals surface area contributed by atoms with Crippen molar-refractivity contribution in [3.63, 3.8) is 0 Å². The van der Waals surface area contributed by atoms with E-state index < -0.39 is 29.5 Å². The standard InChI is InChI=1S/C21H24N4O2.C21H25NO3/c1-21(2,3)27-20(26)23-13-14-8-10-15(11-9-14)18-12-16-6-4-5-7-17(16)19(18)24-25-22;1-21(2,3)25-20(24)22-13-14-8-10-15(11-9-14)18-12-16-6-4-5-7-17(16)19(18)23/h4-11,18-19H,12-13H2,1-3H3,(H,23,26);4-11,18-19,23H,12-13H2,1-3H3,(H,22,24)/t18-,19+;18-,19-/m11/s1. The van der Waals surface area contributed by atoms with Crippen LogP contribution in [-0.2, 0) is 35.4 Å². The maximum Gasteiger partial charge on any atom is 0.407 e. The van der Waals surface area contributed by atoms with Crippen LogP contribution in [0.5, 0.6) is 0 Å². The first-order valence-corrected chi connectivity index (χ1v) is 17.7. The van der Waals surface area contributed by atoms with E-state index in [1.807, 2.05) is 126 Å². The SMILES string of the molecule is CC(C)(C)OC(=O)NCc1ccc([C@H]2Cc3ccccc3[C@@H]2N=[N+]=[N-])cc1.CC(C)(C)OC(=O)NCc1ccc([C@H]2Cc3ccccc3[C@H]2O)cc1. The number of alkyl carbamates (subject to hydrolysis) is 2. The van der Waals surface area contributed by atoms with Crippen molar-refractivity contribution >= 4 is 12.2 Å². The van der Waals surface area contributed by atoms with Gasteiger partial charge in [-0.3, -0.25) is 0 Å². The Hall–Kier alpha value is -5.31. The van der Waals surface area contributed by atoms with E-state index in [1.54, 1.807) is 0 Å². The summed E-state index contributed by atoms with van der Waals surface area (Å²) in [6, 6.07) is 32.1. The number of rotatable bonds is 7. The molecule has 0 heterocycles. The van der Waals surface area contributed by atoms with Gasteiger partial charge in [0, 0.05) is 29.8 Å². The van der Waals surface area contributed by atoms with Gasteiger partial charge in [-0.05, 0) is 104 Å². The van der Waals surface area contributed by atoms with Gasteiger partial charge in [0.2, 0.25) is 0 Å².